The van der Waals surface area contributed by atoms with E-state index in [1.807, 2.05) is 12.3 Å². The molecule has 92 valence electrons. The molecule has 1 aromatic carbocycles. The first kappa shape index (κ1) is 13.3. The lowest BCUT2D eigenvalue weighted by atomic mass is 10.2. The second-order valence-electron chi connectivity index (χ2n) is 3.53. The van der Waals surface area contributed by atoms with Gasteiger partial charge in [0.2, 0.25) is 0 Å². The molecule has 2 aromatic rings. The highest BCUT2D eigenvalue weighted by atomic mass is 16.5. The number of aromatic nitrogens is 1. The van der Waals surface area contributed by atoms with Crippen LogP contribution in [0, 0.1) is 6.92 Å². The number of hydrogen-bond acceptors (Lipinski definition) is 3. The third kappa shape index (κ3) is 3.92. The van der Waals surface area contributed by atoms with Gasteiger partial charge >= 0.3 is 5.97 Å². The summed E-state index contributed by atoms with van der Waals surface area (Å²) < 4.78 is 4.43. The van der Waals surface area contributed by atoms with Gasteiger partial charge in [-0.1, -0.05) is 18.2 Å². The lowest BCUT2D eigenvalue weighted by molar-refractivity contribution is -0.141. The number of carbonyl (C=O) groups excluding carboxylic acids is 1. The fraction of sp³-hybridized carbons (Fsp3) is 0.308. The van der Waals surface area contributed by atoms with Crippen LogP contribution in [0.15, 0.2) is 30.5 Å². The second-order valence-corrected chi connectivity index (χ2v) is 3.53. The summed E-state index contributed by atoms with van der Waals surface area (Å²) in [5.74, 6) is -0.345. The smallest absolute Gasteiger partial charge is 0.319 e. The highest BCUT2D eigenvalue weighted by Gasteiger charge is 1.94. The van der Waals surface area contributed by atoms with Crippen molar-refractivity contribution in [3.63, 3.8) is 0 Å². The average molecular weight is 234 g/mol. The van der Waals surface area contributed by atoms with Crippen LogP contribution >= 0.6 is 0 Å². The van der Waals surface area contributed by atoms with E-state index >= 15 is 0 Å². The van der Waals surface area contributed by atoms with E-state index in [-0.39, 0.29) is 12.5 Å². The number of ether oxygens (including phenoxy) is 1. The first-order valence-electron chi connectivity index (χ1n) is 5.57. The van der Waals surface area contributed by atoms with Crippen LogP contribution in [0.2, 0.25) is 0 Å². The molecule has 0 unspecified atom stereocenters. The Bertz CT molecular complexity index is 477. The summed E-state index contributed by atoms with van der Waals surface area (Å²) in [6.07, 6.45) is 2.03. The zero-order valence-electron chi connectivity index (χ0n) is 10.2. The van der Waals surface area contributed by atoms with Gasteiger partial charge in [0.05, 0.1) is 13.2 Å². The largest absolute Gasteiger partial charge is 0.465 e. The standard InChI is InChI=1S/C9H9N.C4H9NO2/c1-7-6-10-9-5-3-2-4-8(7)9;1-2-7-4(6)3-5/h2-6,10H,1H3;2-3,5H2,1H3. The van der Waals surface area contributed by atoms with Crippen molar-refractivity contribution < 1.29 is 9.53 Å². The van der Waals surface area contributed by atoms with Gasteiger partial charge in [-0.25, -0.2) is 0 Å². The number of hydrogen-bond donors (Lipinski definition) is 2. The summed E-state index contributed by atoms with van der Waals surface area (Å²) >= 11 is 0. The normalized spacial score (nSPS) is 9.59. The molecular weight excluding hydrogens is 216 g/mol. The molecule has 0 atom stereocenters. The molecule has 0 spiro atoms. The van der Waals surface area contributed by atoms with E-state index in [1.54, 1.807) is 6.92 Å². The predicted octanol–water partition coefficient (Wildman–Crippen LogP) is 1.98. The van der Waals surface area contributed by atoms with E-state index in [2.05, 4.69) is 34.8 Å². The molecular formula is C13H18N2O2. The summed E-state index contributed by atoms with van der Waals surface area (Å²) in [7, 11) is 0. The molecule has 0 amide bonds. The molecule has 3 N–H and O–H groups in total. The molecule has 2 rings (SSSR count). The summed E-state index contributed by atoms with van der Waals surface area (Å²) in [4.78, 5) is 13.3. The van der Waals surface area contributed by atoms with E-state index < -0.39 is 0 Å². The molecule has 4 heteroatoms. The van der Waals surface area contributed by atoms with Crippen LogP contribution in [0.25, 0.3) is 10.9 Å². The van der Waals surface area contributed by atoms with E-state index in [0.29, 0.717) is 6.61 Å². The predicted molar refractivity (Wildman–Crippen MR) is 68.7 cm³/mol. The third-order valence-corrected chi connectivity index (χ3v) is 2.27. The van der Waals surface area contributed by atoms with Crippen molar-refractivity contribution in [2.45, 2.75) is 13.8 Å². The topological polar surface area (TPSA) is 68.1 Å². The second kappa shape index (κ2) is 6.70. The molecule has 17 heavy (non-hydrogen) atoms. The zero-order valence-corrected chi connectivity index (χ0v) is 10.2. The number of nitrogens with one attached hydrogen (secondary N) is 1. The van der Waals surface area contributed by atoms with Gasteiger partial charge < -0.3 is 15.5 Å². The van der Waals surface area contributed by atoms with Crippen molar-refractivity contribution in [1.82, 2.24) is 4.98 Å². The monoisotopic (exact) mass is 234 g/mol. The number of rotatable bonds is 2. The fourth-order valence-corrected chi connectivity index (χ4v) is 1.44. The number of carbonyl (C=O) groups is 1. The lowest BCUT2D eigenvalue weighted by Crippen LogP contribution is -2.16. The number of fused-ring (bicyclic) bond motifs is 1. The van der Waals surface area contributed by atoms with Gasteiger partial charge in [0.15, 0.2) is 0 Å². The van der Waals surface area contributed by atoms with Crippen LogP contribution in [0.3, 0.4) is 0 Å². The Morgan fingerprint density at radius 3 is 2.65 bits per heavy atom. The van der Waals surface area contributed by atoms with Crippen molar-refractivity contribution in [3.05, 3.63) is 36.0 Å². The molecule has 0 aliphatic heterocycles. The zero-order chi connectivity index (χ0) is 12.7. The highest BCUT2D eigenvalue weighted by Crippen LogP contribution is 2.15. The Labute approximate surface area is 101 Å². The number of para-hydroxylation sites is 1. The van der Waals surface area contributed by atoms with Crippen molar-refractivity contribution in [2.75, 3.05) is 13.2 Å². The van der Waals surface area contributed by atoms with Gasteiger partial charge in [0.25, 0.3) is 0 Å². The number of aryl methyl sites for hydroxylation is 1. The lowest BCUT2D eigenvalue weighted by Gasteiger charge is -1.93. The quantitative estimate of drug-likeness (QED) is 0.781. The Hall–Kier alpha value is -1.81. The summed E-state index contributed by atoms with van der Waals surface area (Å²) in [5, 5.41) is 1.32. The van der Waals surface area contributed by atoms with E-state index in [0.717, 1.165) is 0 Å². The fourth-order valence-electron chi connectivity index (χ4n) is 1.44. The molecule has 0 saturated carbocycles. The van der Waals surface area contributed by atoms with E-state index in [9.17, 15) is 4.79 Å². The van der Waals surface area contributed by atoms with Crippen molar-refractivity contribution >= 4 is 16.9 Å². The van der Waals surface area contributed by atoms with Gasteiger partial charge in [0, 0.05) is 17.1 Å². The van der Waals surface area contributed by atoms with Crippen LogP contribution in [-0.4, -0.2) is 24.1 Å². The molecule has 0 fully saturated rings. The summed E-state index contributed by atoms with van der Waals surface area (Å²) in [6.45, 7) is 4.25. The minimum Gasteiger partial charge on any atom is -0.465 e. The average Bonchev–Trinajstić information content (AvgIpc) is 2.73. The van der Waals surface area contributed by atoms with Gasteiger partial charge in [-0.05, 0) is 25.5 Å². The minimum absolute atomic E-state index is 0.0200. The van der Waals surface area contributed by atoms with E-state index in [4.69, 9.17) is 5.73 Å². The molecule has 0 aliphatic carbocycles. The van der Waals surface area contributed by atoms with Crippen molar-refractivity contribution in [3.8, 4) is 0 Å². The molecule has 1 heterocycles. The van der Waals surface area contributed by atoms with Crippen LogP contribution in [-0.2, 0) is 9.53 Å². The molecule has 0 radical (unpaired) electrons. The van der Waals surface area contributed by atoms with Crippen LogP contribution in [0.4, 0.5) is 0 Å². The molecule has 0 bridgehead atoms. The van der Waals surface area contributed by atoms with Gasteiger partial charge in [-0.2, -0.15) is 0 Å². The Kier molecular flexibility index (Phi) is 5.23. The number of benzene rings is 1. The van der Waals surface area contributed by atoms with Crippen LogP contribution in [0.1, 0.15) is 12.5 Å². The summed E-state index contributed by atoms with van der Waals surface area (Å²) in [6, 6.07) is 8.31. The Morgan fingerprint density at radius 2 is 2.12 bits per heavy atom. The molecule has 1 aromatic heterocycles. The SMILES string of the molecule is CCOC(=O)CN.Cc1c[nH]c2ccccc12. The van der Waals surface area contributed by atoms with Crippen LogP contribution in [0.5, 0.6) is 0 Å². The Balaban J connectivity index is 0.000000185. The van der Waals surface area contributed by atoms with Gasteiger partial charge in [0.1, 0.15) is 0 Å². The van der Waals surface area contributed by atoms with Gasteiger partial charge in [-0.15, -0.1) is 0 Å². The Morgan fingerprint density at radius 1 is 1.41 bits per heavy atom. The highest BCUT2D eigenvalue weighted by molar-refractivity contribution is 5.82. The molecule has 4 nitrogen and oxygen atoms in total. The maximum Gasteiger partial charge on any atom is 0.319 e. The first-order chi connectivity index (χ1) is 8.19. The number of nitrogens with two attached hydrogens (primary N) is 1. The number of esters is 1. The number of aromatic amines is 1. The number of H-pyrrole nitrogens is 1. The van der Waals surface area contributed by atoms with Crippen molar-refractivity contribution in [2.24, 2.45) is 5.73 Å². The van der Waals surface area contributed by atoms with E-state index in [1.165, 1.54) is 16.5 Å². The van der Waals surface area contributed by atoms with Crippen molar-refractivity contribution in [1.29, 1.82) is 0 Å². The summed E-state index contributed by atoms with van der Waals surface area (Å²) in [5.41, 5.74) is 7.42. The maximum absolute atomic E-state index is 10.1. The maximum atomic E-state index is 10.1. The van der Waals surface area contributed by atoms with Gasteiger partial charge in [-0.3, -0.25) is 4.79 Å². The minimum atomic E-state index is -0.345. The third-order valence-electron chi connectivity index (χ3n) is 2.27. The van der Waals surface area contributed by atoms with Crippen LogP contribution < -0.4 is 5.73 Å². The molecule has 0 saturated heterocycles. The molecule has 0 aliphatic rings. The first-order valence-corrected chi connectivity index (χ1v) is 5.57.